The Hall–Kier alpha value is -1.01. The lowest BCUT2D eigenvalue weighted by Gasteiger charge is -2.41. The summed E-state index contributed by atoms with van der Waals surface area (Å²) >= 11 is 0. The minimum absolute atomic E-state index is 0. The van der Waals surface area contributed by atoms with Crippen molar-refractivity contribution in [3.8, 4) is 0 Å². The van der Waals surface area contributed by atoms with Crippen molar-refractivity contribution in [1.29, 1.82) is 0 Å². The van der Waals surface area contributed by atoms with E-state index in [1.54, 1.807) is 7.05 Å². The number of ether oxygens (including phenoxy) is 2. The van der Waals surface area contributed by atoms with Gasteiger partial charge in [-0.25, -0.2) is 4.39 Å². The van der Waals surface area contributed by atoms with Gasteiger partial charge in [0.15, 0.2) is 5.96 Å². The third-order valence-corrected chi connectivity index (χ3v) is 5.98. The van der Waals surface area contributed by atoms with E-state index in [1.165, 1.54) is 12.1 Å². The highest BCUT2D eigenvalue weighted by Crippen LogP contribution is 2.22. The van der Waals surface area contributed by atoms with Crippen molar-refractivity contribution in [1.82, 2.24) is 20.4 Å². The molecule has 1 atom stereocenters. The number of hydrogen-bond acceptors (Lipinski definition) is 5. The summed E-state index contributed by atoms with van der Waals surface area (Å²) in [5, 5.41) is 6.95. The van der Waals surface area contributed by atoms with E-state index in [-0.39, 0.29) is 41.4 Å². The molecular formula is C22H37FIN5O2. The maximum absolute atomic E-state index is 13.4. The number of nitrogens with zero attached hydrogens (tertiary/aromatic N) is 3. The first-order valence-corrected chi connectivity index (χ1v) is 10.8. The minimum atomic E-state index is -0.213. The lowest BCUT2D eigenvalue weighted by molar-refractivity contribution is -0.00836. The molecule has 1 aromatic carbocycles. The van der Waals surface area contributed by atoms with Crippen LogP contribution in [0.3, 0.4) is 0 Å². The molecule has 0 aromatic heterocycles. The van der Waals surface area contributed by atoms with Crippen molar-refractivity contribution in [2.75, 3.05) is 72.7 Å². The van der Waals surface area contributed by atoms with Crippen LogP contribution < -0.4 is 10.6 Å². The fourth-order valence-electron chi connectivity index (χ4n) is 4.03. The van der Waals surface area contributed by atoms with Gasteiger partial charge in [-0.2, -0.15) is 0 Å². The van der Waals surface area contributed by atoms with E-state index < -0.39 is 0 Å². The zero-order chi connectivity index (χ0) is 21.4. The summed E-state index contributed by atoms with van der Waals surface area (Å²) in [6.45, 7) is 12.6. The average molecular weight is 549 g/mol. The molecule has 0 radical (unpaired) electrons. The fourth-order valence-corrected chi connectivity index (χ4v) is 4.03. The third kappa shape index (κ3) is 7.81. The van der Waals surface area contributed by atoms with Crippen LogP contribution in [0, 0.1) is 5.82 Å². The molecule has 2 heterocycles. The summed E-state index contributed by atoms with van der Waals surface area (Å²) in [6, 6.07) is 6.92. The highest BCUT2D eigenvalue weighted by atomic mass is 127. The number of halogens is 2. The van der Waals surface area contributed by atoms with Crippen molar-refractivity contribution in [2.24, 2.45) is 4.99 Å². The second-order valence-corrected chi connectivity index (χ2v) is 8.43. The molecule has 176 valence electrons. The first-order chi connectivity index (χ1) is 14.5. The highest BCUT2D eigenvalue weighted by Gasteiger charge is 2.28. The van der Waals surface area contributed by atoms with Crippen LogP contribution in [0.1, 0.15) is 25.5 Å². The summed E-state index contributed by atoms with van der Waals surface area (Å²) in [7, 11) is 1.79. The lowest BCUT2D eigenvalue weighted by atomic mass is 10.0. The topological polar surface area (TPSA) is 61.4 Å². The Kier molecular flexibility index (Phi) is 10.9. The normalized spacial score (nSPS) is 20.1. The molecule has 1 aromatic rings. The van der Waals surface area contributed by atoms with E-state index in [4.69, 9.17) is 9.47 Å². The summed E-state index contributed by atoms with van der Waals surface area (Å²) in [5.41, 5.74) is 1.09. The second kappa shape index (κ2) is 12.9. The SMILES string of the molecule is CN=C(NCC(c1ccc(F)cc1)N1CCOCC1)NCC(C)(C)N1CCOCC1.I. The number of morpholine rings is 2. The Labute approximate surface area is 202 Å². The Bertz CT molecular complexity index is 677. The van der Waals surface area contributed by atoms with Crippen LogP contribution >= 0.6 is 24.0 Å². The van der Waals surface area contributed by atoms with E-state index in [0.717, 1.165) is 70.7 Å². The Morgan fingerprint density at radius 3 is 2.19 bits per heavy atom. The van der Waals surface area contributed by atoms with Gasteiger partial charge in [-0.15, -0.1) is 24.0 Å². The average Bonchev–Trinajstić information content (AvgIpc) is 2.78. The Balaban J connectivity index is 0.00000341. The molecular weight excluding hydrogens is 512 g/mol. The van der Waals surface area contributed by atoms with E-state index in [9.17, 15) is 4.39 Å². The van der Waals surface area contributed by atoms with Crippen molar-refractivity contribution in [2.45, 2.75) is 25.4 Å². The van der Waals surface area contributed by atoms with Crippen LogP contribution in [0.2, 0.25) is 0 Å². The Morgan fingerprint density at radius 1 is 1.03 bits per heavy atom. The van der Waals surface area contributed by atoms with Gasteiger partial charge in [0.05, 0.1) is 32.5 Å². The summed E-state index contributed by atoms with van der Waals surface area (Å²) in [5.74, 6) is 0.562. The van der Waals surface area contributed by atoms with E-state index in [0.29, 0.717) is 6.54 Å². The third-order valence-electron chi connectivity index (χ3n) is 5.98. The van der Waals surface area contributed by atoms with Crippen molar-refractivity contribution >= 4 is 29.9 Å². The maximum Gasteiger partial charge on any atom is 0.191 e. The van der Waals surface area contributed by atoms with Crippen molar-refractivity contribution in [3.63, 3.8) is 0 Å². The largest absolute Gasteiger partial charge is 0.379 e. The standard InChI is InChI=1S/C22H36FN5O2.HI/c1-22(2,28-10-14-30-15-11-28)17-26-21(24-3)25-16-20(27-8-12-29-13-9-27)18-4-6-19(23)7-5-18;/h4-7,20H,8-17H2,1-3H3,(H2,24,25,26);1H. The van der Waals surface area contributed by atoms with Gasteiger partial charge in [-0.3, -0.25) is 14.8 Å². The zero-order valence-corrected chi connectivity index (χ0v) is 21.2. The van der Waals surface area contributed by atoms with Gasteiger partial charge in [0.2, 0.25) is 0 Å². The number of aliphatic imine (C=N–C) groups is 1. The number of benzene rings is 1. The van der Waals surface area contributed by atoms with Crippen LogP contribution in [0.25, 0.3) is 0 Å². The molecule has 2 aliphatic heterocycles. The molecule has 0 saturated carbocycles. The quantitative estimate of drug-likeness (QED) is 0.309. The van der Waals surface area contributed by atoms with E-state index in [1.807, 2.05) is 12.1 Å². The summed E-state index contributed by atoms with van der Waals surface area (Å²) in [4.78, 5) is 9.24. The monoisotopic (exact) mass is 549 g/mol. The minimum Gasteiger partial charge on any atom is -0.379 e. The number of guanidine groups is 1. The van der Waals surface area contributed by atoms with Gasteiger partial charge in [0, 0.05) is 51.9 Å². The number of nitrogens with one attached hydrogen (secondary N) is 2. The molecule has 0 bridgehead atoms. The Morgan fingerprint density at radius 2 is 1.61 bits per heavy atom. The van der Waals surface area contributed by atoms with Crippen LogP contribution in [0.4, 0.5) is 4.39 Å². The van der Waals surface area contributed by atoms with Crippen LogP contribution in [0.15, 0.2) is 29.3 Å². The predicted octanol–water partition coefficient (Wildman–Crippen LogP) is 2.09. The zero-order valence-electron chi connectivity index (χ0n) is 18.9. The molecule has 0 spiro atoms. The molecule has 7 nitrogen and oxygen atoms in total. The van der Waals surface area contributed by atoms with E-state index >= 15 is 0 Å². The number of rotatable bonds is 7. The first-order valence-electron chi connectivity index (χ1n) is 10.8. The maximum atomic E-state index is 13.4. The fraction of sp³-hybridized carbons (Fsp3) is 0.682. The molecule has 1 unspecified atom stereocenters. The smallest absolute Gasteiger partial charge is 0.191 e. The first kappa shape index (κ1) is 26.2. The molecule has 2 fully saturated rings. The van der Waals surface area contributed by atoms with Crippen LogP contribution in [-0.2, 0) is 9.47 Å². The number of hydrogen-bond donors (Lipinski definition) is 2. The van der Waals surface area contributed by atoms with Gasteiger partial charge in [-0.05, 0) is 31.5 Å². The summed E-state index contributed by atoms with van der Waals surface area (Å²) in [6.07, 6.45) is 0. The summed E-state index contributed by atoms with van der Waals surface area (Å²) < 4.78 is 24.4. The lowest BCUT2D eigenvalue weighted by Crippen LogP contribution is -2.57. The van der Waals surface area contributed by atoms with Crippen molar-refractivity contribution in [3.05, 3.63) is 35.6 Å². The predicted molar refractivity (Wildman–Crippen MR) is 133 cm³/mol. The molecule has 2 aliphatic rings. The van der Waals surface area contributed by atoms with Crippen LogP contribution in [0.5, 0.6) is 0 Å². The molecule has 3 rings (SSSR count). The van der Waals surface area contributed by atoms with Gasteiger partial charge >= 0.3 is 0 Å². The second-order valence-electron chi connectivity index (χ2n) is 8.43. The molecule has 0 aliphatic carbocycles. The highest BCUT2D eigenvalue weighted by molar-refractivity contribution is 14.0. The molecule has 2 N–H and O–H groups in total. The van der Waals surface area contributed by atoms with Crippen molar-refractivity contribution < 1.29 is 13.9 Å². The van der Waals surface area contributed by atoms with Crippen LogP contribution in [-0.4, -0.2) is 94.0 Å². The molecule has 31 heavy (non-hydrogen) atoms. The van der Waals surface area contributed by atoms with Gasteiger partial charge in [0.25, 0.3) is 0 Å². The molecule has 2 saturated heterocycles. The molecule has 9 heteroatoms. The van der Waals surface area contributed by atoms with E-state index in [2.05, 4.69) is 39.3 Å². The molecule has 0 amide bonds. The van der Waals surface area contributed by atoms with Gasteiger partial charge in [0.1, 0.15) is 5.82 Å². The van der Waals surface area contributed by atoms with Gasteiger partial charge < -0.3 is 20.1 Å². The van der Waals surface area contributed by atoms with Gasteiger partial charge in [-0.1, -0.05) is 12.1 Å².